The third-order valence-corrected chi connectivity index (χ3v) is 3.61. The molecule has 0 saturated heterocycles. The highest BCUT2D eigenvalue weighted by atomic mass is 16.3. The summed E-state index contributed by atoms with van der Waals surface area (Å²) in [4.78, 5) is 16.3. The summed E-state index contributed by atoms with van der Waals surface area (Å²) in [6.07, 6.45) is 5.51. The maximum atomic E-state index is 12.0. The molecular formula is C17H23N3O2. The highest BCUT2D eigenvalue weighted by molar-refractivity contribution is 5.76. The molecule has 1 atom stereocenters. The quantitative estimate of drug-likeness (QED) is 0.777. The zero-order valence-corrected chi connectivity index (χ0v) is 12.9. The maximum Gasteiger partial charge on any atom is 0.222 e. The Kier molecular flexibility index (Phi) is 6.15. The highest BCUT2D eigenvalue weighted by Gasteiger charge is 2.12. The van der Waals surface area contributed by atoms with Crippen molar-refractivity contribution in [3.05, 3.63) is 54.1 Å². The first-order valence-corrected chi connectivity index (χ1v) is 7.67. The molecule has 0 fully saturated rings. The molecule has 1 aromatic carbocycles. The molecule has 5 heteroatoms. The van der Waals surface area contributed by atoms with Crippen molar-refractivity contribution in [1.29, 1.82) is 0 Å². The van der Waals surface area contributed by atoms with E-state index in [9.17, 15) is 9.90 Å². The number of hydrogen-bond donors (Lipinski definition) is 2. The predicted octanol–water partition coefficient (Wildman–Crippen LogP) is 1.56. The highest BCUT2D eigenvalue weighted by Crippen LogP contribution is 2.04. The van der Waals surface area contributed by atoms with Gasteiger partial charge in [0.05, 0.1) is 12.6 Å². The summed E-state index contributed by atoms with van der Waals surface area (Å²) in [5.41, 5.74) is 1.10. The molecule has 0 saturated carbocycles. The Balaban J connectivity index is 1.82. The molecule has 1 heterocycles. The third kappa shape index (κ3) is 4.70. The Morgan fingerprint density at radius 3 is 2.82 bits per heavy atom. The summed E-state index contributed by atoms with van der Waals surface area (Å²) in [7, 11) is 0. The number of aromatic nitrogens is 2. The lowest BCUT2D eigenvalue weighted by atomic mass is 10.1. The minimum Gasteiger partial charge on any atom is -0.394 e. The molecule has 0 aliphatic heterocycles. The van der Waals surface area contributed by atoms with Crippen LogP contribution in [-0.4, -0.2) is 33.2 Å². The topological polar surface area (TPSA) is 67.2 Å². The number of nitrogens with zero attached hydrogens (tertiary/aromatic N) is 2. The van der Waals surface area contributed by atoms with Gasteiger partial charge in [-0.2, -0.15) is 0 Å². The zero-order valence-electron chi connectivity index (χ0n) is 12.9. The van der Waals surface area contributed by atoms with E-state index in [4.69, 9.17) is 0 Å². The van der Waals surface area contributed by atoms with Crippen molar-refractivity contribution in [1.82, 2.24) is 14.9 Å². The second-order valence-corrected chi connectivity index (χ2v) is 5.28. The number of carbonyl (C=O) groups excluding carboxylic acids is 1. The van der Waals surface area contributed by atoms with Gasteiger partial charge < -0.3 is 15.0 Å². The number of aliphatic hydroxyl groups excluding tert-OH is 1. The van der Waals surface area contributed by atoms with E-state index in [2.05, 4.69) is 10.3 Å². The summed E-state index contributed by atoms with van der Waals surface area (Å²) < 4.78 is 1.99. The van der Waals surface area contributed by atoms with Crippen molar-refractivity contribution in [3.8, 4) is 0 Å². The molecule has 1 amide bonds. The first-order valence-electron chi connectivity index (χ1n) is 7.67. The van der Waals surface area contributed by atoms with Crippen molar-refractivity contribution >= 4 is 5.91 Å². The number of carbonyl (C=O) groups is 1. The molecule has 0 aliphatic carbocycles. The summed E-state index contributed by atoms with van der Waals surface area (Å²) in [6, 6.07) is 9.60. The lowest BCUT2D eigenvalue weighted by molar-refractivity contribution is -0.122. The molecule has 0 bridgehead atoms. The van der Waals surface area contributed by atoms with E-state index in [1.165, 1.54) is 0 Å². The van der Waals surface area contributed by atoms with Gasteiger partial charge in [0, 0.05) is 31.8 Å². The number of aliphatic hydroxyl groups is 1. The Morgan fingerprint density at radius 1 is 1.36 bits per heavy atom. The molecule has 0 aliphatic rings. The van der Waals surface area contributed by atoms with E-state index in [-0.39, 0.29) is 18.6 Å². The van der Waals surface area contributed by atoms with Crippen LogP contribution >= 0.6 is 0 Å². The monoisotopic (exact) mass is 301 g/mol. The van der Waals surface area contributed by atoms with Gasteiger partial charge in [-0.25, -0.2) is 4.98 Å². The molecule has 1 aromatic heterocycles. The van der Waals surface area contributed by atoms with Crippen LogP contribution in [0.15, 0.2) is 42.7 Å². The van der Waals surface area contributed by atoms with Gasteiger partial charge in [0.15, 0.2) is 0 Å². The van der Waals surface area contributed by atoms with Gasteiger partial charge in [0.2, 0.25) is 5.91 Å². The van der Waals surface area contributed by atoms with Crippen LogP contribution in [0.5, 0.6) is 0 Å². The van der Waals surface area contributed by atoms with E-state index < -0.39 is 0 Å². The third-order valence-electron chi connectivity index (χ3n) is 3.61. The van der Waals surface area contributed by atoms with Crippen molar-refractivity contribution < 1.29 is 9.90 Å². The second kappa shape index (κ2) is 8.34. The largest absolute Gasteiger partial charge is 0.394 e. The van der Waals surface area contributed by atoms with Gasteiger partial charge in [-0.1, -0.05) is 37.3 Å². The second-order valence-electron chi connectivity index (χ2n) is 5.28. The number of amides is 1. The number of rotatable bonds is 8. The fraction of sp³-hybridized carbons (Fsp3) is 0.412. The van der Waals surface area contributed by atoms with Crippen LogP contribution in [0.3, 0.4) is 0 Å². The van der Waals surface area contributed by atoms with Gasteiger partial charge >= 0.3 is 0 Å². The summed E-state index contributed by atoms with van der Waals surface area (Å²) >= 11 is 0. The standard InChI is InChI=1S/C17H23N3O2/c1-2-16-18-9-11-20(16)10-8-17(22)19-15(13-21)12-14-6-4-3-5-7-14/h3-7,9,11,15,21H,2,8,10,12-13H2,1H3,(H,19,22)/t15-/m0/s1. The number of benzene rings is 1. The normalized spacial score (nSPS) is 12.1. The molecule has 0 unspecified atom stereocenters. The van der Waals surface area contributed by atoms with Gasteiger partial charge in [-0.3, -0.25) is 4.79 Å². The Labute approximate surface area is 131 Å². The summed E-state index contributed by atoms with van der Waals surface area (Å²) in [5, 5.41) is 12.3. The van der Waals surface area contributed by atoms with Crippen LogP contribution in [0.2, 0.25) is 0 Å². The lowest BCUT2D eigenvalue weighted by Gasteiger charge is -2.16. The minimum absolute atomic E-state index is 0.0502. The number of nitrogens with one attached hydrogen (secondary N) is 1. The smallest absolute Gasteiger partial charge is 0.222 e. The van der Waals surface area contributed by atoms with Crippen molar-refractivity contribution in [2.75, 3.05) is 6.61 Å². The Hall–Kier alpha value is -2.14. The summed E-state index contributed by atoms with van der Waals surface area (Å²) in [5.74, 6) is 0.932. The van der Waals surface area contributed by atoms with E-state index in [0.29, 0.717) is 19.4 Å². The van der Waals surface area contributed by atoms with Gasteiger partial charge in [0.1, 0.15) is 5.82 Å². The van der Waals surface area contributed by atoms with Crippen LogP contribution in [0.25, 0.3) is 0 Å². The molecule has 5 nitrogen and oxygen atoms in total. The van der Waals surface area contributed by atoms with Gasteiger partial charge in [0.25, 0.3) is 0 Å². The van der Waals surface area contributed by atoms with E-state index >= 15 is 0 Å². The number of hydrogen-bond acceptors (Lipinski definition) is 3. The molecule has 0 radical (unpaired) electrons. The average molecular weight is 301 g/mol. The summed E-state index contributed by atoms with van der Waals surface area (Å²) in [6.45, 7) is 2.59. The number of aryl methyl sites for hydroxylation is 2. The molecule has 0 spiro atoms. The van der Waals surface area contributed by atoms with Crippen LogP contribution in [-0.2, 0) is 24.2 Å². The van der Waals surface area contributed by atoms with Crippen LogP contribution in [0.1, 0.15) is 24.7 Å². The van der Waals surface area contributed by atoms with E-state index in [0.717, 1.165) is 17.8 Å². The fourth-order valence-corrected chi connectivity index (χ4v) is 2.44. The molecule has 2 rings (SSSR count). The molecular weight excluding hydrogens is 278 g/mol. The van der Waals surface area contributed by atoms with Crippen molar-refractivity contribution in [3.63, 3.8) is 0 Å². The number of imidazole rings is 1. The van der Waals surface area contributed by atoms with Crippen LogP contribution < -0.4 is 5.32 Å². The maximum absolute atomic E-state index is 12.0. The van der Waals surface area contributed by atoms with Crippen LogP contribution in [0, 0.1) is 0 Å². The Morgan fingerprint density at radius 2 is 2.14 bits per heavy atom. The molecule has 22 heavy (non-hydrogen) atoms. The molecule has 2 aromatic rings. The fourth-order valence-electron chi connectivity index (χ4n) is 2.44. The van der Waals surface area contributed by atoms with E-state index in [1.54, 1.807) is 6.20 Å². The Bertz CT molecular complexity index is 581. The lowest BCUT2D eigenvalue weighted by Crippen LogP contribution is -2.39. The minimum atomic E-state index is -0.247. The first-order chi connectivity index (χ1) is 10.7. The SMILES string of the molecule is CCc1nccn1CCC(=O)N[C@H](CO)Cc1ccccc1. The van der Waals surface area contributed by atoms with Gasteiger partial charge in [-0.15, -0.1) is 0 Å². The van der Waals surface area contributed by atoms with Crippen molar-refractivity contribution in [2.24, 2.45) is 0 Å². The van der Waals surface area contributed by atoms with Crippen LogP contribution in [0.4, 0.5) is 0 Å². The van der Waals surface area contributed by atoms with Crippen molar-refractivity contribution in [2.45, 2.75) is 38.8 Å². The van der Waals surface area contributed by atoms with E-state index in [1.807, 2.05) is 48.0 Å². The average Bonchev–Trinajstić information content (AvgIpc) is 3.00. The first kappa shape index (κ1) is 16.2. The van der Waals surface area contributed by atoms with Gasteiger partial charge in [-0.05, 0) is 12.0 Å². The molecule has 2 N–H and O–H groups in total. The molecule has 118 valence electrons. The predicted molar refractivity (Wildman–Crippen MR) is 85.4 cm³/mol. The zero-order chi connectivity index (χ0) is 15.8.